The number of benzene rings is 1. The summed E-state index contributed by atoms with van der Waals surface area (Å²) in [6.45, 7) is 1.87. The van der Waals surface area contributed by atoms with Crippen molar-refractivity contribution in [3.63, 3.8) is 0 Å². The Morgan fingerprint density at radius 1 is 1.36 bits per heavy atom. The van der Waals surface area contributed by atoms with Crippen LogP contribution in [0.15, 0.2) is 51.5 Å². The topological polar surface area (TPSA) is 54.9 Å². The molecule has 1 amide bonds. The number of halogens is 1. The molecule has 1 N–H and O–H groups in total. The van der Waals surface area contributed by atoms with Gasteiger partial charge in [-0.25, -0.2) is 9.97 Å². The van der Waals surface area contributed by atoms with Gasteiger partial charge in [0.25, 0.3) is 0 Å². The number of nitrogens with zero attached hydrogens (tertiary/aromatic N) is 2. The van der Waals surface area contributed by atoms with Gasteiger partial charge >= 0.3 is 0 Å². The van der Waals surface area contributed by atoms with E-state index < -0.39 is 0 Å². The molecule has 0 spiro atoms. The van der Waals surface area contributed by atoms with Gasteiger partial charge in [0.2, 0.25) is 5.91 Å². The molecule has 0 bridgehead atoms. The molecule has 0 aliphatic heterocycles. The molecule has 0 saturated heterocycles. The SMILES string of the molecule is C[C@H](Sc1ncnc2sccc12)C(=O)Nc1cccc(Br)c1. The predicted octanol–water partition coefficient (Wildman–Crippen LogP) is 4.57. The minimum atomic E-state index is -0.253. The van der Waals surface area contributed by atoms with Crippen molar-refractivity contribution in [3.8, 4) is 0 Å². The fourth-order valence-corrected chi connectivity index (χ4v) is 3.99. The van der Waals surface area contributed by atoms with E-state index >= 15 is 0 Å². The summed E-state index contributed by atoms with van der Waals surface area (Å²) < 4.78 is 0.932. The van der Waals surface area contributed by atoms with Crippen molar-refractivity contribution in [2.45, 2.75) is 17.2 Å². The lowest BCUT2D eigenvalue weighted by Crippen LogP contribution is -2.22. The van der Waals surface area contributed by atoms with Crippen molar-refractivity contribution in [1.82, 2.24) is 9.97 Å². The summed E-state index contributed by atoms with van der Waals surface area (Å²) in [7, 11) is 0. The number of aromatic nitrogens is 2. The monoisotopic (exact) mass is 393 g/mol. The van der Waals surface area contributed by atoms with E-state index in [1.807, 2.05) is 42.6 Å². The van der Waals surface area contributed by atoms with Crippen molar-refractivity contribution in [3.05, 3.63) is 46.5 Å². The third kappa shape index (κ3) is 3.48. The van der Waals surface area contributed by atoms with Gasteiger partial charge < -0.3 is 5.32 Å². The van der Waals surface area contributed by atoms with Gasteiger partial charge in [0.1, 0.15) is 16.2 Å². The largest absolute Gasteiger partial charge is 0.325 e. The highest BCUT2D eigenvalue weighted by molar-refractivity contribution is 9.10. The summed E-state index contributed by atoms with van der Waals surface area (Å²) >= 11 is 6.41. The highest BCUT2D eigenvalue weighted by Crippen LogP contribution is 2.30. The molecule has 0 radical (unpaired) electrons. The van der Waals surface area contributed by atoms with E-state index in [4.69, 9.17) is 0 Å². The second-order valence-electron chi connectivity index (χ2n) is 4.58. The Balaban J connectivity index is 1.72. The smallest absolute Gasteiger partial charge is 0.237 e. The first kappa shape index (κ1) is 15.5. The van der Waals surface area contributed by atoms with E-state index in [0.29, 0.717) is 0 Å². The van der Waals surface area contributed by atoms with Crippen molar-refractivity contribution >= 4 is 60.8 Å². The maximum absolute atomic E-state index is 12.3. The van der Waals surface area contributed by atoms with Gasteiger partial charge in [0.15, 0.2) is 0 Å². The Hall–Kier alpha value is -1.44. The summed E-state index contributed by atoms with van der Waals surface area (Å²) in [5, 5.41) is 6.48. The standard InChI is InChI=1S/C15H12BrN3OS2/c1-9(13(20)19-11-4-2-3-10(16)7-11)22-15-12-5-6-21-14(12)17-8-18-15/h2-9H,1H3,(H,19,20)/t9-/m0/s1. The highest BCUT2D eigenvalue weighted by Gasteiger charge is 2.17. The first-order valence-corrected chi connectivity index (χ1v) is 9.10. The molecule has 2 heterocycles. The van der Waals surface area contributed by atoms with Crippen LogP contribution < -0.4 is 5.32 Å². The first-order chi connectivity index (χ1) is 10.6. The van der Waals surface area contributed by atoms with Gasteiger partial charge in [-0.1, -0.05) is 33.8 Å². The summed E-state index contributed by atoms with van der Waals surface area (Å²) in [5.74, 6) is -0.0508. The van der Waals surface area contributed by atoms with Gasteiger partial charge in [-0.15, -0.1) is 11.3 Å². The van der Waals surface area contributed by atoms with Crippen LogP contribution in [0.5, 0.6) is 0 Å². The van der Waals surface area contributed by atoms with Gasteiger partial charge in [0, 0.05) is 15.5 Å². The molecule has 2 aromatic heterocycles. The number of carbonyl (C=O) groups excluding carboxylic acids is 1. The van der Waals surface area contributed by atoms with E-state index in [2.05, 4.69) is 31.2 Å². The molecule has 1 atom stereocenters. The van der Waals surface area contributed by atoms with Crippen LogP contribution in [0.2, 0.25) is 0 Å². The maximum atomic E-state index is 12.3. The highest BCUT2D eigenvalue weighted by atomic mass is 79.9. The van der Waals surface area contributed by atoms with Crippen LogP contribution in [0, 0.1) is 0 Å². The summed E-state index contributed by atoms with van der Waals surface area (Å²) in [6, 6.07) is 9.53. The zero-order chi connectivity index (χ0) is 15.5. The lowest BCUT2D eigenvalue weighted by atomic mass is 10.3. The van der Waals surface area contributed by atoms with Crippen molar-refractivity contribution in [1.29, 1.82) is 0 Å². The zero-order valence-electron chi connectivity index (χ0n) is 11.6. The Morgan fingerprint density at radius 3 is 3.05 bits per heavy atom. The second-order valence-corrected chi connectivity index (χ2v) is 7.72. The quantitative estimate of drug-likeness (QED) is 0.520. The number of fused-ring (bicyclic) bond motifs is 1. The molecule has 7 heteroatoms. The van der Waals surface area contributed by atoms with E-state index in [1.165, 1.54) is 11.8 Å². The van der Waals surface area contributed by atoms with Crippen LogP contribution in [0.4, 0.5) is 5.69 Å². The van der Waals surface area contributed by atoms with E-state index in [-0.39, 0.29) is 11.2 Å². The minimum Gasteiger partial charge on any atom is -0.325 e. The molecule has 112 valence electrons. The minimum absolute atomic E-state index is 0.0508. The Kier molecular flexibility index (Phi) is 4.75. The molecule has 0 aliphatic carbocycles. The summed E-state index contributed by atoms with van der Waals surface area (Å²) in [6.07, 6.45) is 1.54. The number of thiophene rings is 1. The van der Waals surface area contributed by atoms with Gasteiger partial charge in [-0.2, -0.15) is 0 Å². The predicted molar refractivity (Wildman–Crippen MR) is 95.5 cm³/mol. The Morgan fingerprint density at radius 2 is 2.23 bits per heavy atom. The van der Waals surface area contributed by atoms with Crippen LogP contribution in [0.1, 0.15) is 6.92 Å². The fraction of sp³-hybridized carbons (Fsp3) is 0.133. The molecule has 3 aromatic rings. The molecule has 3 rings (SSSR count). The van der Waals surface area contributed by atoms with Crippen molar-refractivity contribution in [2.75, 3.05) is 5.32 Å². The van der Waals surface area contributed by atoms with E-state index in [9.17, 15) is 4.79 Å². The van der Waals surface area contributed by atoms with Crippen molar-refractivity contribution < 1.29 is 4.79 Å². The molecular weight excluding hydrogens is 382 g/mol. The zero-order valence-corrected chi connectivity index (χ0v) is 14.8. The number of carbonyl (C=O) groups is 1. The molecular formula is C15H12BrN3OS2. The second kappa shape index (κ2) is 6.76. The number of nitrogens with one attached hydrogen (secondary N) is 1. The molecule has 0 aliphatic rings. The van der Waals surface area contributed by atoms with E-state index in [0.717, 1.165) is 25.4 Å². The van der Waals surface area contributed by atoms with Crippen LogP contribution in [0.25, 0.3) is 10.2 Å². The molecule has 0 fully saturated rings. The van der Waals surface area contributed by atoms with E-state index in [1.54, 1.807) is 17.7 Å². The average Bonchev–Trinajstić information content (AvgIpc) is 2.96. The molecule has 4 nitrogen and oxygen atoms in total. The number of hydrogen-bond donors (Lipinski definition) is 1. The van der Waals surface area contributed by atoms with Crippen molar-refractivity contribution in [2.24, 2.45) is 0 Å². The lowest BCUT2D eigenvalue weighted by molar-refractivity contribution is -0.115. The third-order valence-electron chi connectivity index (χ3n) is 2.97. The summed E-state index contributed by atoms with van der Waals surface area (Å²) in [4.78, 5) is 21.8. The maximum Gasteiger partial charge on any atom is 0.237 e. The van der Waals surface area contributed by atoms with Gasteiger partial charge in [-0.05, 0) is 36.6 Å². The van der Waals surface area contributed by atoms with Crippen LogP contribution >= 0.6 is 39.0 Å². The lowest BCUT2D eigenvalue weighted by Gasteiger charge is -2.12. The number of amides is 1. The Labute approximate surface area is 144 Å². The third-order valence-corrected chi connectivity index (χ3v) is 5.41. The molecule has 0 saturated carbocycles. The van der Waals surface area contributed by atoms with Crippen LogP contribution in [-0.4, -0.2) is 21.1 Å². The summed E-state index contributed by atoms with van der Waals surface area (Å²) in [5.41, 5.74) is 0.773. The van der Waals surface area contributed by atoms with Crippen LogP contribution in [-0.2, 0) is 4.79 Å². The van der Waals surface area contributed by atoms with Gasteiger partial charge in [0.05, 0.1) is 5.25 Å². The Bertz CT molecular complexity index is 821. The van der Waals surface area contributed by atoms with Gasteiger partial charge in [-0.3, -0.25) is 4.79 Å². The fourth-order valence-electron chi connectivity index (χ4n) is 1.89. The molecule has 22 heavy (non-hydrogen) atoms. The number of hydrogen-bond acceptors (Lipinski definition) is 5. The number of anilines is 1. The van der Waals surface area contributed by atoms with Crippen LogP contribution in [0.3, 0.4) is 0 Å². The number of thioether (sulfide) groups is 1. The number of rotatable bonds is 4. The first-order valence-electron chi connectivity index (χ1n) is 6.55. The molecule has 1 aromatic carbocycles. The average molecular weight is 394 g/mol. The molecule has 0 unspecified atom stereocenters. The normalized spacial score (nSPS) is 12.3.